The number of rotatable bonds is 4. The van der Waals surface area contributed by atoms with Crippen LogP contribution in [0.4, 0.5) is 5.69 Å². The third-order valence-electron chi connectivity index (χ3n) is 10.5. The van der Waals surface area contributed by atoms with Crippen molar-refractivity contribution in [3.8, 4) is 17.1 Å². The Balaban J connectivity index is 0.000000155. The van der Waals surface area contributed by atoms with Gasteiger partial charge in [-0.25, -0.2) is 6.54 Å². The first-order valence-electron chi connectivity index (χ1n) is 17.4. The molecule has 0 radical (unpaired) electrons. The van der Waals surface area contributed by atoms with Crippen LogP contribution in [-0.2, 0) is 25.5 Å². The molecular weight excluding hydrogens is 791 g/mol. The second-order valence-corrected chi connectivity index (χ2v) is 14.5. The molecule has 5 heteroatoms. The predicted octanol–water partition coefficient (Wildman–Crippen LogP) is 11.4. The number of anilines is 1. The van der Waals surface area contributed by atoms with Gasteiger partial charge in [0.2, 0.25) is 0 Å². The normalized spacial score (nSPS) is 15.5. The van der Waals surface area contributed by atoms with Gasteiger partial charge < -0.3 is 13.9 Å². The molecule has 0 fully saturated rings. The van der Waals surface area contributed by atoms with E-state index in [1.54, 1.807) is 0 Å². The number of benzene rings is 5. The van der Waals surface area contributed by atoms with E-state index in [0.717, 1.165) is 22.6 Å². The van der Waals surface area contributed by atoms with Crippen molar-refractivity contribution in [2.45, 2.75) is 64.7 Å². The smallest absolute Gasteiger partial charge is 0.524 e. The number of furan rings is 1. The van der Waals surface area contributed by atoms with Crippen LogP contribution in [0, 0.1) is 18.7 Å². The molecule has 0 saturated heterocycles. The second-order valence-electron chi connectivity index (χ2n) is 14.5. The first-order chi connectivity index (χ1) is 23.7. The number of hydrogen-bond acceptors (Lipinski definition) is 3. The van der Waals surface area contributed by atoms with Gasteiger partial charge in [-0.2, -0.15) is 17.7 Å². The van der Waals surface area contributed by atoms with E-state index in [2.05, 4.69) is 149 Å². The van der Waals surface area contributed by atoms with Crippen LogP contribution >= 0.6 is 0 Å². The fraction of sp³-hybridized carbons (Fsp3) is 0.244. The summed E-state index contributed by atoms with van der Waals surface area (Å²) < 4.78 is 8.47. The predicted molar refractivity (Wildman–Crippen MR) is 202 cm³/mol. The monoisotopic (exact) mass is 833 g/mol. The maximum Gasteiger partial charge on any atom is 3.00 e. The van der Waals surface area contributed by atoms with Gasteiger partial charge in [-0.3, -0.25) is 4.98 Å². The molecule has 252 valence electrons. The Hall–Kier alpha value is -4.44. The number of hydrogen-bond donors (Lipinski definition) is 0. The van der Waals surface area contributed by atoms with E-state index in [4.69, 9.17) is 4.42 Å². The van der Waals surface area contributed by atoms with E-state index < -0.39 is 0 Å². The molecule has 2 aromatic heterocycles. The molecule has 0 saturated carbocycles. The van der Waals surface area contributed by atoms with Gasteiger partial charge in [0.1, 0.15) is 5.58 Å². The summed E-state index contributed by atoms with van der Waals surface area (Å²) in [6.07, 6.45) is 3.93. The molecular formula is C45H42IrN3O. The summed E-state index contributed by atoms with van der Waals surface area (Å²) in [5, 5.41) is 2.47. The summed E-state index contributed by atoms with van der Waals surface area (Å²) in [6.45, 7) is 16.0. The summed E-state index contributed by atoms with van der Waals surface area (Å²) in [4.78, 5) is 6.86. The van der Waals surface area contributed by atoms with Gasteiger partial charge in [-0.1, -0.05) is 89.4 Å². The van der Waals surface area contributed by atoms with Crippen molar-refractivity contribution in [1.82, 2.24) is 9.55 Å². The Morgan fingerprint density at radius 1 is 0.780 bits per heavy atom. The molecule has 0 amide bonds. The molecule has 4 nitrogen and oxygen atoms in total. The Morgan fingerprint density at radius 3 is 2.20 bits per heavy atom. The van der Waals surface area contributed by atoms with Crippen LogP contribution in [0.15, 0.2) is 108 Å². The molecule has 50 heavy (non-hydrogen) atoms. The Bertz CT molecular complexity index is 2300. The molecule has 5 aromatic carbocycles. The first-order valence-corrected chi connectivity index (χ1v) is 17.4. The first kappa shape index (κ1) is 34.0. The largest absolute Gasteiger partial charge is 3.00 e. The quantitative estimate of drug-likeness (QED) is 0.166. The van der Waals surface area contributed by atoms with E-state index in [9.17, 15) is 0 Å². The van der Waals surface area contributed by atoms with E-state index in [-0.39, 0.29) is 31.4 Å². The molecule has 2 aliphatic rings. The van der Waals surface area contributed by atoms with Gasteiger partial charge in [0, 0.05) is 34.8 Å². The van der Waals surface area contributed by atoms with Crippen molar-refractivity contribution in [2.75, 3.05) is 11.9 Å². The van der Waals surface area contributed by atoms with Crippen LogP contribution < -0.4 is 4.90 Å². The van der Waals surface area contributed by atoms with Crippen LogP contribution in [0.3, 0.4) is 0 Å². The van der Waals surface area contributed by atoms with Crippen molar-refractivity contribution in [1.29, 1.82) is 0 Å². The molecule has 0 bridgehead atoms. The number of para-hydroxylation sites is 1. The number of nitrogens with zero attached hydrogens (tertiary/aromatic N) is 3. The molecule has 7 aromatic rings. The molecule has 1 aliphatic carbocycles. The van der Waals surface area contributed by atoms with Crippen LogP contribution in [0.5, 0.6) is 0 Å². The fourth-order valence-corrected chi connectivity index (χ4v) is 8.08. The topological polar surface area (TPSA) is 34.2 Å². The van der Waals surface area contributed by atoms with Crippen LogP contribution in [0.25, 0.3) is 39.0 Å². The van der Waals surface area contributed by atoms with Crippen LogP contribution in [0.1, 0.15) is 92.7 Å². The maximum atomic E-state index is 6.25. The van der Waals surface area contributed by atoms with Crippen molar-refractivity contribution in [3.63, 3.8) is 0 Å². The summed E-state index contributed by atoms with van der Waals surface area (Å²) >= 11 is 0. The number of likely N-dealkylation sites (N-methyl/N-ethyl adjacent to an activating group) is 1. The molecule has 3 heterocycles. The third-order valence-corrected chi connectivity index (χ3v) is 10.5. The number of aromatic nitrogens is 2. The Morgan fingerprint density at radius 2 is 1.48 bits per heavy atom. The van der Waals surface area contributed by atoms with Crippen LogP contribution in [0.2, 0.25) is 0 Å². The minimum absolute atomic E-state index is 0. The van der Waals surface area contributed by atoms with E-state index in [1.165, 1.54) is 55.5 Å². The zero-order valence-electron chi connectivity index (χ0n) is 29.7. The SMILES string of the molecule is CC(C)c1cccc(C(C)C)c1-n1ccnc1-c1[c-]cccc1.CN1[CH-]C2c3c1cccc3C(C)(C)c1cccc3oc4cc[c-]c2c4c13.[Ir+3]. The second kappa shape index (κ2) is 13.0. The minimum atomic E-state index is -0.105. The van der Waals surface area contributed by atoms with Gasteiger partial charge >= 0.3 is 20.1 Å². The summed E-state index contributed by atoms with van der Waals surface area (Å²) in [7, 11) is 2.14. The van der Waals surface area contributed by atoms with Crippen molar-refractivity contribution >= 4 is 27.6 Å². The van der Waals surface area contributed by atoms with Gasteiger partial charge in [-0.15, -0.1) is 47.9 Å². The van der Waals surface area contributed by atoms with Gasteiger partial charge in [0.05, 0.1) is 5.82 Å². The number of imidazole rings is 1. The average molecular weight is 833 g/mol. The average Bonchev–Trinajstić information content (AvgIpc) is 3.83. The Kier molecular flexibility index (Phi) is 8.87. The zero-order valence-corrected chi connectivity index (χ0v) is 32.1. The van der Waals surface area contributed by atoms with Gasteiger partial charge in [0.15, 0.2) is 0 Å². The van der Waals surface area contributed by atoms with Crippen LogP contribution in [-0.4, -0.2) is 16.6 Å². The molecule has 0 spiro atoms. The molecule has 9 rings (SSSR count). The molecule has 1 aliphatic heterocycles. The van der Waals surface area contributed by atoms with E-state index in [1.807, 2.05) is 36.5 Å². The molecule has 1 unspecified atom stereocenters. The minimum Gasteiger partial charge on any atom is -0.524 e. The van der Waals surface area contributed by atoms with Crippen molar-refractivity contribution in [2.24, 2.45) is 0 Å². The summed E-state index contributed by atoms with van der Waals surface area (Å²) in [6, 6.07) is 38.7. The number of fused-ring (bicyclic) bond motifs is 1. The third kappa shape index (κ3) is 5.34. The Labute approximate surface area is 309 Å². The van der Waals surface area contributed by atoms with Gasteiger partial charge in [-0.05, 0) is 64.2 Å². The molecule has 1 atom stereocenters. The fourth-order valence-electron chi connectivity index (χ4n) is 8.08. The van der Waals surface area contributed by atoms with Gasteiger partial charge in [0.25, 0.3) is 0 Å². The van der Waals surface area contributed by atoms with Crippen molar-refractivity contribution < 1.29 is 24.5 Å². The summed E-state index contributed by atoms with van der Waals surface area (Å²) in [5.74, 6) is 2.07. The standard InChI is InChI=1S/C24H19NO.C21H23N2.Ir/c1-24(2)16-8-5-10-18-21(16)15(13-25(18)3)14-7-4-11-19-22(14)23-17(24)9-6-12-20(23)26-19;1-15(2)18-11-8-12-19(16(3)4)20(18)23-14-13-22-21(23)17-9-6-5-7-10-17;/h4-6,8-13,15H,1-3H3;5-9,11-16H,1-4H3;/q-2;-1;+3. The molecule has 0 N–H and O–H groups in total. The maximum absolute atomic E-state index is 6.25. The van der Waals surface area contributed by atoms with Crippen molar-refractivity contribution in [3.05, 3.63) is 155 Å². The zero-order chi connectivity index (χ0) is 34.0. The van der Waals surface area contributed by atoms with E-state index in [0.29, 0.717) is 11.8 Å². The van der Waals surface area contributed by atoms with E-state index >= 15 is 0 Å². The summed E-state index contributed by atoms with van der Waals surface area (Å²) in [5.41, 5.74) is 13.5.